The molecule has 1 aromatic carbocycles. The van der Waals surface area contributed by atoms with Gasteiger partial charge in [-0.3, -0.25) is 0 Å². The van der Waals surface area contributed by atoms with Crippen LogP contribution in [0.15, 0.2) is 41.0 Å². The van der Waals surface area contributed by atoms with Crippen molar-refractivity contribution in [1.82, 2.24) is 0 Å². The minimum absolute atomic E-state index is 0.0657. The topological polar surface area (TPSA) is 40.2 Å². The van der Waals surface area contributed by atoms with Crippen LogP contribution >= 0.6 is 0 Å². The molecule has 0 aliphatic carbocycles. The Morgan fingerprint density at radius 1 is 1.27 bits per heavy atom. The van der Waals surface area contributed by atoms with Gasteiger partial charge in [-0.15, -0.1) is 0 Å². The van der Waals surface area contributed by atoms with Crippen LogP contribution in [0, 0.1) is 11.3 Å². The van der Waals surface area contributed by atoms with Crippen molar-refractivity contribution < 1.29 is 17.6 Å². The lowest BCUT2D eigenvalue weighted by Gasteiger charge is -2.26. The zero-order valence-electron chi connectivity index (χ0n) is 11.6. The fourth-order valence-corrected chi connectivity index (χ4v) is 2.90. The monoisotopic (exact) mass is 306 g/mol. The summed E-state index contributed by atoms with van der Waals surface area (Å²) in [5.41, 5.74) is -0.784. The molecular formula is C16H13F3N2O. The molecule has 0 radical (unpaired) electrons. The van der Waals surface area contributed by atoms with Crippen LogP contribution in [0.1, 0.15) is 35.8 Å². The van der Waals surface area contributed by atoms with Gasteiger partial charge in [-0.25, -0.2) is 0 Å². The first kappa shape index (κ1) is 14.5. The summed E-state index contributed by atoms with van der Waals surface area (Å²) in [6.07, 6.45) is -1.27. The van der Waals surface area contributed by atoms with Gasteiger partial charge in [-0.05, 0) is 43.2 Å². The van der Waals surface area contributed by atoms with Gasteiger partial charge in [0.05, 0.1) is 29.5 Å². The van der Waals surface area contributed by atoms with E-state index in [1.165, 1.54) is 6.07 Å². The largest absolute Gasteiger partial charge is 0.467 e. The molecule has 0 saturated carbocycles. The highest BCUT2D eigenvalue weighted by Gasteiger charge is 2.35. The molecule has 3 rings (SSSR count). The first-order valence-corrected chi connectivity index (χ1v) is 6.92. The first-order valence-electron chi connectivity index (χ1n) is 6.92. The summed E-state index contributed by atoms with van der Waals surface area (Å²) in [6, 6.07) is 8.99. The lowest BCUT2D eigenvalue weighted by molar-refractivity contribution is -0.137. The van der Waals surface area contributed by atoms with Crippen molar-refractivity contribution in [2.45, 2.75) is 25.1 Å². The van der Waals surface area contributed by atoms with E-state index < -0.39 is 11.7 Å². The maximum absolute atomic E-state index is 13.1. The van der Waals surface area contributed by atoms with Crippen molar-refractivity contribution in [1.29, 1.82) is 5.26 Å². The maximum atomic E-state index is 13.1. The Hall–Kier alpha value is -2.42. The van der Waals surface area contributed by atoms with Crippen molar-refractivity contribution in [2.24, 2.45) is 0 Å². The predicted octanol–water partition coefficient (Wildman–Crippen LogP) is 4.51. The molecule has 1 atom stereocenters. The molecule has 2 aromatic rings. The number of furan rings is 1. The highest BCUT2D eigenvalue weighted by molar-refractivity contribution is 5.56. The Bertz CT molecular complexity index is 701. The molecule has 1 aliphatic heterocycles. The SMILES string of the molecule is N#Cc1ccc(N2CCCC2c2ccco2)cc1C(F)(F)F. The number of rotatable bonds is 2. The number of alkyl halides is 3. The number of benzene rings is 1. The molecule has 0 amide bonds. The Morgan fingerprint density at radius 2 is 2.09 bits per heavy atom. The van der Waals surface area contributed by atoms with E-state index in [1.54, 1.807) is 24.5 Å². The number of hydrogen-bond acceptors (Lipinski definition) is 3. The zero-order valence-corrected chi connectivity index (χ0v) is 11.6. The van der Waals surface area contributed by atoms with Gasteiger partial charge in [0.2, 0.25) is 0 Å². The molecule has 0 N–H and O–H groups in total. The van der Waals surface area contributed by atoms with Gasteiger partial charge in [0.1, 0.15) is 5.76 Å². The summed E-state index contributed by atoms with van der Waals surface area (Å²) in [5.74, 6) is 0.746. The highest BCUT2D eigenvalue weighted by atomic mass is 19.4. The number of anilines is 1. The number of halogens is 3. The quantitative estimate of drug-likeness (QED) is 0.819. The van der Waals surface area contributed by atoms with E-state index in [-0.39, 0.29) is 11.6 Å². The second kappa shape index (κ2) is 5.41. The summed E-state index contributed by atoms with van der Waals surface area (Å²) >= 11 is 0. The summed E-state index contributed by atoms with van der Waals surface area (Å²) in [5, 5.41) is 8.86. The van der Waals surface area contributed by atoms with Crippen molar-refractivity contribution in [2.75, 3.05) is 11.4 Å². The average molecular weight is 306 g/mol. The van der Waals surface area contributed by atoms with E-state index in [0.29, 0.717) is 12.2 Å². The third kappa shape index (κ3) is 2.54. The molecule has 3 nitrogen and oxygen atoms in total. The highest BCUT2D eigenvalue weighted by Crippen LogP contribution is 2.39. The van der Waals surface area contributed by atoms with E-state index >= 15 is 0 Å². The van der Waals surface area contributed by atoms with Crippen molar-refractivity contribution >= 4 is 5.69 Å². The molecule has 22 heavy (non-hydrogen) atoms. The van der Waals surface area contributed by atoms with Gasteiger partial charge in [-0.1, -0.05) is 0 Å². The second-order valence-corrected chi connectivity index (χ2v) is 5.21. The normalized spacial score (nSPS) is 18.5. The molecule has 1 unspecified atom stereocenters. The molecule has 114 valence electrons. The van der Waals surface area contributed by atoms with Crippen LogP contribution in [0.25, 0.3) is 0 Å². The molecule has 0 bridgehead atoms. The summed E-state index contributed by atoms with van der Waals surface area (Å²) in [4.78, 5) is 1.90. The van der Waals surface area contributed by atoms with Crippen molar-refractivity contribution in [3.63, 3.8) is 0 Å². The molecular weight excluding hydrogens is 293 g/mol. The van der Waals surface area contributed by atoms with E-state index in [9.17, 15) is 13.2 Å². The summed E-state index contributed by atoms with van der Waals surface area (Å²) in [6.45, 7) is 0.661. The fraction of sp³-hybridized carbons (Fsp3) is 0.312. The Kier molecular flexibility index (Phi) is 3.57. The number of hydrogen-bond donors (Lipinski definition) is 0. The van der Waals surface area contributed by atoms with Gasteiger partial charge in [0.25, 0.3) is 0 Å². The molecule has 2 heterocycles. The fourth-order valence-electron chi connectivity index (χ4n) is 2.90. The summed E-state index contributed by atoms with van der Waals surface area (Å²) in [7, 11) is 0. The third-order valence-corrected chi connectivity index (χ3v) is 3.89. The van der Waals surface area contributed by atoms with Crippen LogP contribution in [-0.2, 0) is 6.18 Å². The molecule has 0 spiro atoms. The van der Waals surface area contributed by atoms with Gasteiger partial charge in [0.15, 0.2) is 0 Å². The van der Waals surface area contributed by atoms with Gasteiger partial charge in [-0.2, -0.15) is 18.4 Å². The van der Waals surface area contributed by atoms with Crippen LogP contribution in [-0.4, -0.2) is 6.54 Å². The lowest BCUT2D eigenvalue weighted by Crippen LogP contribution is -2.23. The molecule has 1 aliphatic rings. The van der Waals surface area contributed by atoms with E-state index in [4.69, 9.17) is 9.68 Å². The summed E-state index contributed by atoms with van der Waals surface area (Å²) < 4.78 is 44.6. The van der Waals surface area contributed by atoms with E-state index in [0.717, 1.165) is 24.7 Å². The van der Waals surface area contributed by atoms with E-state index in [2.05, 4.69) is 0 Å². The maximum Gasteiger partial charge on any atom is 0.417 e. The van der Waals surface area contributed by atoms with Crippen LogP contribution in [0.4, 0.5) is 18.9 Å². The predicted molar refractivity (Wildman–Crippen MR) is 74.2 cm³/mol. The van der Waals surface area contributed by atoms with Crippen LogP contribution < -0.4 is 4.90 Å². The van der Waals surface area contributed by atoms with Gasteiger partial charge < -0.3 is 9.32 Å². The minimum Gasteiger partial charge on any atom is -0.467 e. The third-order valence-electron chi connectivity index (χ3n) is 3.89. The molecule has 1 fully saturated rings. The first-order chi connectivity index (χ1) is 10.5. The molecule has 1 aromatic heterocycles. The van der Waals surface area contributed by atoms with Gasteiger partial charge >= 0.3 is 6.18 Å². The Morgan fingerprint density at radius 3 is 2.73 bits per heavy atom. The minimum atomic E-state index is -4.54. The van der Waals surface area contributed by atoms with Crippen LogP contribution in [0.2, 0.25) is 0 Å². The van der Waals surface area contributed by atoms with Crippen LogP contribution in [0.3, 0.4) is 0 Å². The van der Waals surface area contributed by atoms with Crippen molar-refractivity contribution in [3.05, 3.63) is 53.5 Å². The number of nitriles is 1. The smallest absolute Gasteiger partial charge is 0.417 e. The standard InChI is InChI=1S/C16H13F3N2O/c17-16(18,19)13-9-12(6-5-11(13)10-20)21-7-1-3-14(21)15-4-2-8-22-15/h2,4-6,8-9,14H,1,3,7H2. The number of nitrogens with zero attached hydrogens (tertiary/aromatic N) is 2. The average Bonchev–Trinajstić information content (AvgIpc) is 3.16. The molecule has 1 saturated heterocycles. The Labute approximate surface area is 125 Å². The Balaban J connectivity index is 2.00. The van der Waals surface area contributed by atoms with Crippen LogP contribution in [0.5, 0.6) is 0 Å². The van der Waals surface area contributed by atoms with Crippen molar-refractivity contribution in [3.8, 4) is 6.07 Å². The molecule has 6 heteroatoms. The zero-order chi connectivity index (χ0) is 15.7. The second-order valence-electron chi connectivity index (χ2n) is 5.21. The lowest BCUT2D eigenvalue weighted by atomic mass is 10.1. The van der Waals surface area contributed by atoms with Gasteiger partial charge in [0, 0.05) is 12.2 Å². The van der Waals surface area contributed by atoms with E-state index in [1.807, 2.05) is 11.0 Å².